The number of nitrogens with zero attached hydrogens (tertiary/aromatic N) is 4. The Morgan fingerprint density at radius 2 is 1.72 bits per heavy atom. The first kappa shape index (κ1) is 25.7. The zero-order chi connectivity index (χ0) is 26.9. The number of carboxylic acids is 1. The van der Waals surface area contributed by atoms with Crippen LogP contribution < -0.4 is 4.90 Å². The predicted octanol–water partition coefficient (Wildman–Crippen LogP) is 6.19. The summed E-state index contributed by atoms with van der Waals surface area (Å²) in [5, 5.41) is 15.8. The van der Waals surface area contributed by atoms with Crippen molar-refractivity contribution in [1.82, 2.24) is 14.8 Å². The van der Waals surface area contributed by atoms with E-state index < -0.39 is 5.97 Å². The highest BCUT2D eigenvalue weighted by atomic mass is 32.1. The van der Waals surface area contributed by atoms with Gasteiger partial charge in [-0.15, -0.1) is 16.4 Å². The number of amides is 1. The van der Waals surface area contributed by atoms with Gasteiger partial charge in [0.1, 0.15) is 10.6 Å². The molecule has 0 bridgehead atoms. The van der Waals surface area contributed by atoms with Gasteiger partial charge in [-0.2, -0.15) is 0 Å². The lowest BCUT2D eigenvalue weighted by Crippen LogP contribution is -2.47. The summed E-state index contributed by atoms with van der Waals surface area (Å²) in [7, 11) is 0. The summed E-state index contributed by atoms with van der Waals surface area (Å²) in [5.74, 6) is -0.362. The number of aromatic nitrogens is 3. The van der Waals surface area contributed by atoms with E-state index in [1.807, 2.05) is 42.5 Å². The van der Waals surface area contributed by atoms with Crippen LogP contribution in [0.2, 0.25) is 0 Å². The SMILES string of the molecule is CC1CCC(C(=O)N(c2nn(-c3ccc(-c4nc5ccccc5s4)cc3)cc2C(=O)O)C2CCOCC2)CC1. The topological polar surface area (TPSA) is 97.6 Å². The van der Waals surface area contributed by atoms with Crippen molar-refractivity contribution in [3.63, 3.8) is 0 Å². The molecule has 1 aliphatic heterocycles. The lowest BCUT2D eigenvalue weighted by molar-refractivity contribution is -0.124. The molecule has 1 N–H and O–H groups in total. The van der Waals surface area contributed by atoms with E-state index in [1.54, 1.807) is 20.9 Å². The van der Waals surface area contributed by atoms with Gasteiger partial charge in [-0.05, 0) is 80.8 Å². The first-order valence-corrected chi connectivity index (χ1v) is 14.5. The fraction of sp³-hybridized carbons (Fsp3) is 0.400. The molecular formula is C30H32N4O4S. The van der Waals surface area contributed by atoms with E-state index in [-0.39, 0.29) is 29.2 Å². The average molecular weight is 545 g/mol. The van der Waals surface area contributed by atoms with E-state index in [4.69, 9.17) is 14.8 Å². The summed E-state index contributed by atoms with van der Waals surface area (Å²) >= 11 is 1.63. The molecule has 0 radical (unpaired) electrons. The van der Waals surface area contributed by atoms with Crippen molar-refractivity contribution in [2.45, 2.75) is 51.5 Å². The fourth-order valence-electron chi connectivity index (χ4n) is 5.68. The van der Waals surface area contributed by atoms with Crippen LogP contribution in [0.4, 0.5) is 5.82 Å². The molecule has 2 aromatic heterocycles. The Hall–Kier alpha value is -3.56. The Morgan fingerprint density at radius 3 is 2.41 bits per heavy atom. The number of rotatable bonds is 6. The molecule has 8 nitrogen and oxygen atoms in total. The van der Waals surface area contributed by atoms with Crippen LogP contribution in [-0.4, -0.2) is 51.0 Å². The van der Waals surface area contributed by atoms with Gasteiger partial charge in [0, 0.05) is 36.9 Å². The lowest BCUT2D eigenvalue weighted by atomic mass is 9.82. The number of carbonyl (C=O) groups is 2. The van der Waals surface area contributed by atoms with E-state index >= 15 is 0 Å². The van der Waals surface area contributed by atoms with Gasteiger partial charge in [-0.1, -0.05) is 19.1 Å². The fourth-order valence-corrected chi connectivity index (χ4v) is 6.65. The summed E-state index contributed by atoms with van der Waals surface area (Å²) in [4.78, 5) is 32.8. The Labute approximate surface area is 231 Å². The van der Waals surface area contributed by atoms with Crippen molar-refractivity contribution >= 4 is 39.2 Å². The number of benzene rings is 2. The number of carboxylic acid groups (broad SMARTS) is 1. The van der Waals surface area contributed by atoms with Gasteiger partial charge >= 0.3 is 5.97 Å². The van der Waals surface area contributed by atoms with Crippen molar-refractivity contribution < 1.29 is 19.4 Å². The molecule has 4 aromatic rings. The van der Waals surface area contributed by atoms with Crippen LogP contribution >= 0.6 is 11.3 Å². The summed E-state index contributed by atoms with van der Waals surface area (Å²) in [6.45, 7) is 3.32. The van der Waals surface area contributed by atoms with Gasteiger partial charge in [0.05, 0.1) is 15.9 Å². The molecule has 202 valence electrons. The molecule has 6 rings (SSSR count). The third-order valence-electron chi connectivity index (χ3n) is 7.98. The molecule has 2 fully saturated rings. The molecule has 39 heavy (non-hydrogen) atoms. The van der Waals surface area contributed by atoms with E-state index in [0.29, 0.717) is 32.0 Å². The highest BCUT2D eigenvalue weighted by Crippen LogP contribution is 2.35. The number of thiazole rings is 1. The van der Waals surface area contributed by atoms with Crippen molar-refractivity contribution in [1.29, 1.82) is 0 Å². The normalized spacial score (nSPS) is 20.2. The number of hydrogen-bond donors (Lipinski definition) is 1. The van der Waals surface area contributed by atoms with Crippen molar-refractivity contribution in [2.24, 2.45) is 11.8 Å². The largest absolute Gasteiger partial charge is 0.477 e. The second kappa shape index (κ2) is 10.9. The van der Waals surface area contributed by atoms with Gasteiger partial charge < -0.3 is 9.84 Å². The lowest BCUT2D eigenvalue weighted by Gasteiger charge is -2.37. The molecular weight excluding hydrogens is 512 g/mol. The number of carbonyl (C=O) groups excluding carboxylic acids is 1. The van der Waals surface area contributed by atoms with Gasteiger partial charge in [0.2, 0.25) is 5.91 Å². The van der Waals surface area contributed by atoms with Gasteiger partial charge in [0.15, 0.2) is 5.82 Å². The first-order valence-electron chi connectivity index (χ1n) is 13.7. The summed E-state index contributed by atoms with van der Waals surface area (Å²) in [5.41, 5.74) is 2.71. The van der Waals surface area contributed by atoms with Crippen molar-refractivity contribution in [2.75, 3.05) is 18.1 Å². The Kier molecular flexibility index (Phi) is 7.18. The molecule has 1 saturated heterocycles. The van der Waals surface area contributed by atoms with E-state index in [1.165, 1.54) is 6.20 Å². The maximum Gasteiger partial charge on any atom is 0.341 e. The summed E-state index contributed by atoms with van der Waals surface area (Å²) in [6.07, 6.45) is 6.53. The molecule has 9 heteroatoms. The minimum atomic E-state index is -1.09. The van der Waals surface area contributed by atoms with E-state index in [2.05, 4.69) is 13.0 Å². The second-order valence-corrected chi connectivity index (χ2v) is 11.7. The molecule has 2 aromatic carbocycles. The maximum atomic E-state index is 13.9. The van der Waals surface area contributed by atoms with Crippen LogP contribution in [0.5, 0.6) is 0 Å². The average Bonchev–Trinajstić information content (AvgIpc) is 3.60. The maximum absolute atomic E-state index is 13.9. The zero-order valence-corrected chi connectivity index (χ0v) is 22.8. The number of anilines is 1. The van der Waals surface area contributed by atoms with Crippen LogP contribution in [-0.2, 0) is 9.53 Å². The molecule has 0 spiro atoms. The highest BCUT2D eigenvalue weighted by Gasteiger charge is 2.37. The smallest absolute Gasteiger partial charge is 0.341 e. The standard InChI is InChI=1S/C30H32N4O4S/c1-19-6-8-21(9-7-19)29(35)34(23-14-16-38-17-15-23)27-24(30(36)37)18-33(32-27)22-12-10-20(11-13-22)28-31-25-4-2-3-5-26(25)39-28/h2-5,10-13,18-19,21,23H,6-9,14-17H2,1H3,(H,36,37). The molecule has 3 heterocycles. The quantitative estimate of drug-likeness (QED) is 0.311. The molecule has 1 aliphatic carbocycles. The number of para-hydroxylation sites is 1. The number of ether oxygens (including phenoxy) is 1. The minimum Gasteiger partial charge on any atom is -0.477 e. The van der Waals surface area contributed by atoms with Crippen LogP contribution in [0.3, 0.4) is 0 Å². The van der Waals surface area contributed by atoms with Crippen molar-refractivity contribution in [3.8, 4) is 16.3 Å². The van der Waals surface area contributed by atoms with E-state index in [0.717, 1.165) is 52.2 Å². The number of fused-ring (bicyclic) bond motifs is 1. The first-order chi connectivity index (χ1) is 19.0. The van der Waals surface area contributed by atoms with Crippen LogP contribution in [0.25, 0.3) is 26.5 Å². The molecule has 1 saturated carbocycles. The number of aromatic carboxylic acids is 1. The summed E-state index contributed by atoms with van der Waals surface area (Å²) in [6, 6.07) is 15.7. The Balaban J connectivity index is 1.34. The summed E-state index contributed by atoms with van der Waals surface area (Å²) < 4.78 is 8.26. The van der Waals surface area contributed by atoms with Crippen LogP contribution in [0, 0.1) is 11.8 Å². The van der Waals surface area contributed by atoms with Gasteiger partial charge in [-0.3, -0.25) is 9.69 Å². The van der Waals surface area contributed by atoms with Gasteiger partial charge in [-0.25, -0.2) is 14.5 Å². The van der Waals surface area contributed by atoms with Gasteiger partial charge in [0.25, 0.3) is 0 Å². The minimum absolute atomic E-state index is 0.00673. The predicted molar refractivity (Wildman–Crippen MR) is 152 cm³/mol. The monoisotopic (exact) mass is 544 g/mol. The molecule has 2 aliphatic rings. The highest BCUT2D eigenvalue weighted by molar-refractivity contribution is 7.21. The number of hydrogen-bond acceptors (Lipinski definition) is 6. The molecule has 1 amide bonds. The van der Waals surface area contributed by atoms with Crippen LogP contribution in [0.1, 0.15) is 55.8 Å². The Morgan fingerprint density at radius 1 is 1.00 bits per heavy atom. The van der Waals surface area contributed by atoms with Crippen LogP contribution in [0.15, 0.2) is 54.7 Å². The third-order valence-corrected chi connectivity index (χ3v) is 9.07. The molecule has 0 unspecified atom stereocenters. The second-order valence-electron chi connectivity index (χ2n) is 10.7. The zero-order valence-electron chi connectivity index (χ0n) is 22.0. The Bertz CT molecular complexity index is 1450. The van der Waals surface area contributed by atoms with Crippen molar-refractivity contribution in [3.05, 3.63) is 60.3 Å². The molecule has 0 atom stereocenters. The third kappa shape index (κ3) is 5.21. The van der Waals surface area contributed by atoms with E-state index in [9.17, 15) is 14.7 Å².